The molecule has 1 aromatic rings. The largest absolute Gasteiger partial charge is 0.411 e. The van der Waals surface area contributed by atoms with Gasteiger partial charge >= 0.3 is 5.00 Å². The first kappa shape index (κ1) is 7.67. The van der Waals surface area contributed by atoms with Crippen molar-refractivity contribution in [2.24, 2.45) is 5.16 Å². The van der Waals surface area contributed by atoms with Crippen molar-refractivity contribution in [1.29, 1.82) is 0 Å². The minimum absolute atomic E-state index is 0.0416. The van der Waals surface area contributed by atoms with Crippen molar-refractivity contribution >= 4 is 22.6 Å². The molecule has 0 unspecified atom stereocenters. The number of nitrogens with zero attached hydrogens (tertiary/aromatic N) is 2. The van der Waals surface area contributed by atoms with Crippen LogP contribution in [0.1, 0.15) is 5.56 Å². The van der Waals surface area contributed by atoms with Crippen LogP contribution in [0.5, 0.6) is 0 Å². The first-order valence-electron chi connectivity index (χ1n) is 2.64. The summed E-state index contributed by atoms with van der Waals surface area (Å²) in [7, 11) is 0. The molecule has 5 nitrogen and oxygen atoms in total. The van der Waals surface area contributed by atoms with Gasteiger partial charge in [0, 0.05) is 17.0 Å². The van der Waals surface area contributed by atoms with Gasteiger partial charge in [-0.25, -0.2) is 0 Å². The summed E-state index contributed by atoms with van der Waals surface area (Å²) in [6.07, 6.45) is 1.14. The molecule has 0 saturated carbocycles. The molecule has 1 heterocycles. The summed E-state index contributed by atoms with van der Waals surface area (Å²) in [6, 6.07) is 1.34. The molecule has 0 fully saturated rings. The van der Waals surface area contributed by atoms with Crippen LogP contribution in [0.3, 0.4) is 0 Å². The van der Waals surface area contributed by atoms with E-state index in [2.05, 4.69) is 5.16 Å². The summed E-state index contributed by atoms with van der Waals surface area (Å²) in [4.78, 5) is 9.64. The van der Waals surface area contributed by atoms with Crippen LogP contribution in [0.4, 0.5) is 5.00 Å². The lowest BCUT2D eigenvalue weighted by Gasteiger charge is -1.78. The second kappa shape index (κ2) is 3.11. The fourth-order valence-corrected chi connectivity index (χ4v) is 1.25. The predicted octanol–water partition coefficient (Wildman–Crippen LogP) is 1.46. The second-order valence-electron chi connectivity index (χ2n) is 1.72. The van der Waals surface area contributed by atoms with Gasteiger partial charge in [0.2, 0.25) is 0 Å². The van der Waals surface area contributed by atoms with Crippen LogP contribution in [0.15, 0.2) is 16.6 Å². The van der Waals surface area contributed by atoms with Crippen molar-refractivity contribution in [2.75, 3.05) is 0 Å². The monoisotopic (exact) mass is 172 g/mol. The highest BCUT2D eigenvalue weighted by Gasteiger charge is 2.07. The molecule has 0 atom stereocenters. The van der Waals surface area contributed by atoms with E-state index in [4.69, 9.17) is 5.21 Å². The number of hydrogen-bond donors (Lipinski definition) is 1. The lowest BCUT2D eigenvalue weighted by atomic mass is 10.4. The van der Waals surface area contributed by atoms with Gasteiger partial charge in [0.05, 0.1) is 11.1 Å². The van der Waals surface area contributed by atoms with Crippen molar-refractivity contribution in [3.8, 4) is 0 Å². The first-order chi connectivity index (χ1) is 5.24. The maximum absolute atomic E-state index is 10.1. The molecule has 0 aliphatic carbocycles. The smallest absolute Gasteiger partial charge is 0.324 e. The van der Waals surface area contributed by atoms with Gasteiger partial charge in [-0.15, -0.1) is 0 Å². The quantitative estimate of drug-likeness (QED) is 0.317. The third-order valence-electron chi connectivity index (χ3n) is 0.993. The van der Waals surface area contributed by atoms with Gasteiger partial charge in [0.1, 0.15) is 0 Å². The summed E-state index contributed by atoms with van der Waals surface area (Å²) >= 11 is 0.996. The molecule has 1 rings (SSSR count). The van der Waals surface area contributed by atoms with E-state index in [0.717, 1.165) is 17.6 Å². The molecule has 6 heteroatoms. The van der Waals surface area contributed by atoms with Gasteiger partial charge in [-0.1, -0.05) is 16.5 Å². The highest BCUT2D eigenvalue weighted by atomic mass is 32.1. The molecule has 0 saturated heterocycles. The van der Waals surface area contributed by atoms with Gasteiger partial charge in [-0.2, -0.15) is 0 Å². The summed E-state index contributed by atoms with van der Waals surface area (Å²) in [5, 5.41) is 22.5. The van der Waals surface area contributed by atoms with Crippen LogP contribution >= 0.6 is 11.3 Å². The zero-order valence-electron chi connectivity index (χ0n) is 5.30. The van der Waals surface area contributed by atoms with E-state index in [1.165, 1.54) is 11.4 Å². The fourth-order valence-electron chi connectivity index (χ4n) is 0.569. The van der Waals surface area contributed by atoms with Crippen LogP contribution in [-0.2, 0) is 0 Å². The average Bonchev–Trinajstić information content (AvgIpc) is 2.37. The molecule has 0 spiro atoms. The zero-order chi connectivity index (χ0) is 8.27. The average molecular weight is 172 g/mol. The van der Waals surface area contributed by atoms with Crippen molar-refractivity contribution in [3.05, 3.63) is 27.1 Å². The summed E-state index contributed by atoms with van der Waals surface area (Å²) in [5.74, 6) is 0. The van der Waals surface area contributed by atoms with E-state index in [1.54, 1.807) is 0 Å². The van der Waals surface area contributed by atoms with Gasteiger partial charge in [0.15, 0.2) is 0 Å². The highest BCUT2D eigenvalue weighted by molar-refractivity contribution is 7.13. The Kier molecular flexibility index (Phi) is 2.17. The minimum Gasteiger partial charge on any atom is -0.411 e. The Bertz CT molecular complexity index is 294. The molecular formula is C5H4N2O3S. The van der Waals surface area contributed by atoms with Gasteiger partial charge < -0.3 is 5.21 Å². The third kappa shape index (κ3) is 1.74. The lowest BCUT2D eigenvalue weighted by Crippen LogP contribution is -1.81. The lowest BCUT2D eigenvalue weighted by molar-refractivity contribution is -0.380. The summed E-state index contributed by atoms with van der Waals surface area (Å²) in [6.45, 7) is 0. The van der Waals surface area contributed by atoms with E-state index in [9.17, 15) is 10.1 Å². The van der Waals surface area contributed by atoms with Crippen molar-refractivity contribution in [1.82, 2.24) is 0 Å². The summed E-state index contributed by atoms with van der Waals surface area (Å²) < 4.78 is 0. The molecular weight excluding hydrogens is 168 g/mol. The number of thiophene rings is 1. The third-order valence-corrected chi connectivity index (χ3v) is 1.89. The molecule has 11 heavy (non-hydrogen) atoms. The van der Waals surface area contributed by atoms with E-state index >= 15 is 0 Å². The van der Waals surface area contributed by atoms with E-state index in [1.807, 2.05) is 0 Å². The van der Waals surface area contributed by atoms with Gasteiger partial charge in [-0.05, 0) is 0 Å². The van der Waals surface area contributed by atoms with Crippen LogP contribution in [0.2, 0.25) is 0 Å². The Hall–Kier alpha value is -1.43. The van der Waals surface area contributed by atoms with Crippen LogP contribution in [-0.4, -0.2) is 16.3 Å². The molecule has 58 valence electrons. The van der Waals surface area contributed by atoms with Crippen LogP contribution in [0, 0.1) is 10.1 Å². The highest BCUT2D eigenvalue weighted by Crippen LogP contribution is 2.20. The molecule has 1 aromatic heterocycles. The zero-order valence-corrected chi connectivity index (χ0v) is 6.11. The Morgan fingerprint density at radius 1 is 1.82 bits per heavy atom. The topological polar surface area (TPSA) is 75.7 Å². The Balaban J connectivity index is 2.90. The van der Waals surface area contributed by atoms with E-state index < -0.39 is 4.92 Å². The fraction of sp³-hybridized carbons (Fsp3) is 0. The molecule has 0 aliphatic heterocycles. The van der Waals surface area contributed by atoms with Gasteiger partial charge in [-0.3, -0.25) is 10.1 Å². The maximum Gasteiger partial charge on any atom is 0.324 e. The minimum atomic E-state index is -0.487. The molecule has 0 bridgehead atoms. The number of hydrogen-bond acceptors (Lipinski definition) is 5. The van der Waals surface area contributed by atoms with Crippen molar-refractivity contribution < 1.29 is 10.1 Å². The Labute approximate surface area is 65.7 Å². The first-order valence-corrected chi connectivity index (χ1v) is 3.52. The van der Waals surface area contributed by atoms with Crippen LogP contribution in [0.25, 0.3) is 0 Å². The van der Waals surface area contributed by atoms with E-state index in [-0.39, 0.29) is 5.00 Å². The predicted molar refractivity (Wildman–Crippen MR) is 40.4 cm³/mol. The van der Waals surface area contributed by atoms with Gasteiger partial charge in [0.25, 0.3) is 0 Å². The molecule has 0 aromatic carbocycles. The Morgan fingerprint density at radius 2 is 2.55 bits per heavy atom. The van der Waals surface area contributed by atoms with Crippen molar-refractivity contribution in [2.45, 2.75) is 0 Å². The number of rotatable bonds is 2. The summed E-state index contributed by atoms with van der Waals surface area (Å²) in [5.41, 5.74) is 0.532. The number of nitro groups is 1. The molecule has 0 radical (unpaired) electrons. The van der Waals surface area contributed by atoms with Crippen LogP contribution < -0.4 is 0 Å². The standard InChI is InChI=1S/C5H4N2O3S/c8-6-2-4-1-5(7(9)10)11-3-4/h1-3,8H. The molecule has 1 N–H and O–H groups in total. The van der Waals surface area contributed by atoms with E-state index in [0.29, 0.717) is 5.56 Å². The molecule has 0 amide bonds. The second-order valence-corrected chi connectivity index (χ2v) is 2.61. The SMILES string of the molecule is O=[N+]([O-])c1cc(C=NO)cs1. The Morgan fingerprint density at radius 3 is 3.00 bits per heavy atom. The number of oxime groups is 1. The normalized spacial score (nSPS) is 10.5. The van der Waals surface area contributed by atoms with Crippen molar-refractivity contribution in [3.63, 3.8) is 0 Å². The maximum atomic E-state index is 10.1. The molecule has 0 aliphatic rings.